The van der Waals surface area contributed by atoms with Crippen LogP contribution in [0.25, 0.3) is 0 Å². The van der Waals surface area contributed by atoms with Crippen LogP contribution in [0.4, 0.5) is 5.69 Å². The van der Waals surface area contributed by atoms with Crippen LogP contribution in [0, 0.1) is 0 Å². The van der Waals surface area contributed by atoms with Gasteiger partial charge in [0, 0.05) is 0 Å². The van der Waals surface area contributed by atoms with E-state index >= 15 is 0 Å². The van der Waals surface area contributed by atoms with Crippen molar-refractivity contribution in [2.24, 2.45) is 0 Å². The van der Waals surface area contributed by atoms with Crippen LogP contribution in [0.15, 0.2) is 18.2 Å². The van der Waals surface area contributed by atoms with Crippen molar-refractivity contribution in [1.82, 2.24) is 0 Å². The third-order valence-electron chi connectivity index (χ3n) is 2.51. The molecular weight excluding hydrogens is 265 g/mol. The van der Waals surface area contributed by atoms with Gasteiger partial charge in [-0.15, -0.1) is 11.6 Å². The van der Waals surface area contributed by atoms with Gasteiger partial charge in [0.15, 0.2) is 0 Å². The van der Waals surface area contributed by atoms with Crippen molar-refractivity contribution in [3.8, 4) is 0 Å². The van der Waals surface area contributed by atoms with Crippen molar-refractivity contribution in [2.75, 3.05) is 17.3 Å². The van der Waals surface area contributed by atoms with Gasteiger partial charge in [-0.3, -0.25) is 9.59 Å². The quantitative estimate of drug-likeness (QED) is 0.670. The molecule has 0 bridgehead atoms. The second-order valence-corrected chi connectivity index (χ2v) is 4.40. The number of nitrogens with zero attached hydrogens (tertiary/aromatic N) is 1. The van der Waals surface area contributed by atoms with E-state index in [1.54, 1.807) is 12.1 Å². The fraction of sp³-hybridized carbons (Fsp3) is 0.273. The average molecular weight is 274 g/mol. The molecule has 1 aromatic carbocycles. The maximum atomic E-state index is 11.7. The van der Waals surface area contributed by atoms with Gasteiger partial charge in [0.1, 0.15) is 0 Å². The fourth-order valence-electron chi connectivity index (χ4n) is 1.75. The molecule has 4 nitrogen and oxygen atoms in total. The number of carbonyl (C=O) groups excluding carboxylic acids is 2. The number of alkyl halides is 1. The molecule has 17 heavy (non-hydrogen) atoms. The normalized spacial score (nSPS) is 16.3. The van der Waals surface area contributed by atoms with Crippen LogP contribution in [0.3, 0.4) is 0 Å². The number of carbonyl (C=O) groups is 2. The van der Waals surface area contributed by atoms with Gasteiger partial charge in [-0.05, 0) is 12.1 Å². The molecule has 0 aromatic heterocycles. The van der Waals surface area contributed by atoms with Gasteiger partial charge in [0.25, 0.3) is 11.7 Å². The summed E-state index contributed by atoms with van der Waals surface area (Å²) in [5.41, 5.74) is 0.623. The van der Waals surface area contributed by atoms with Crippen molar-refractivity contribution >= 4 is 40.6 Å². The number of aliphatic hydroxyl groups is 1. The minimum absolute atomic E-state index is 0.0161. The van der Waals surface area contributed by atoms with Crippen LogP contribution in [0.5, 0.6) is 0 Å². The molecule has 1 N–H and O–H groups in total. The van der Waals surface area contributed by atoms with E-state index in [1.807, 2.05) is 0 Å². The highest BCUT2D eigenvalue weighted by Gasteiger charge is 2.37. The zero-order chi connectivity index (χ0) is 12.6. The lowest BCUT2D eigenvalue weighted by Gasteiger charge is -2.19. The smallest absolute Gasteiger partial charge is 0.299 e. The molecule has 1 aliphatic heterocycles. The summed E-state index contributed by atoms with van der Waals surface area (Å²) in [6.45, 7) is -0.0369. The number of fused-ring (bicyclic) bond motifs is 1. The largest absolute Gasteiger partial charge is 0.390 e. The van der Waals surface area contributed by atoms with Crippen LogP contribution in [0.2, 0.25) is 5.02 Å². The van der Waals surface area contributed by atoms with E-state index in [2.05, 4.69) is 0 Å². The summed E-state index contributed by atoms with van der Waals surface area (Å²) < 4.78 is 0. The summed E-state index contributed by atoms with van der Waals surface area (Å²) in [5, 5.41) is 9.77. The van der Waals surface area contributed by atoms with E-state index in [4.69, 9.17) is 23.2 Å². The predicted molar refractivity (Wildman–Crippen MR) is 64.9 cm³/mol. The summed E-state index contributed by atoms with van der Waals surface area (Å²) in [4.78, 5) is 24.6. The van der Waals surface area contributed by atoms with Gasteiger partial charge in [-0.1, -0.05) is 17.7 Å². The van der Waals surface area contributed by atoms with E-state index in [1.165, 1.54) is 11.0 Å². The third kappa shape index (κ3) is 2.04. The Morgan fingerprint density at radius 2 is 2.06 bits per heavy atom. The minimum atomic E-state index is -0.893. The number of halogens is 2. The SMILES string of the molecule is O=C1C(=O)N(CC(O)CCl)c2c(Cl)cccc21. The molecule has 1 amide bonds. The molecule has 0 radical (unpaired) electrons. The van der Waals surface area contributed by atoms with Gasteiger partial charge < -0.3 is 10.0 Å². The Morgan fingerprint density at radius 1 is 1.35 bits per heavy atom. The third-order valence-corrected chi connectivity index (χ3v) is 3.17. The van der Waals surface area contributed by atoms with Crippen LogP contribution in [-0.2, 0) is 4.79 Å². The highest BCUT2D eigenvalue weighted by atomic mass is 35.5. The van der Waals surface area contributed by atoms with E-state index in [9.17, 15) is 14.7 Å². The number of ketones is 1. The lowest BCUT2D eigenvalue weighted by atomic mass is 10.1. The second kappa shape index (κ2) is 4.64. The standard InChI is InChI=1S/C11H9Cl2NO3/c12-4-6(15)5-14-9-7(10(16)11(14)17)2-1-3-8(9)13/h1-3,6,15H,4-5H2. The number of anilines is 1. The van der Waals surface area contributed by atoms with Crippen molar-refractivity contribution in [3.05, 3.63) is 28.8 Å². The molecule has 0 aliphatic carbocycles. The van der Waals surface area contributed by atoms with E-state index in [0.29, 0.717) is 10.7 Å². The van der Waals surface area contributed by atoms with Crippen LogP contribution >= 0.6 is 23.2 Å². The Kier molecular flexibility index (Phi) is 3.38. The van der Waals surface area contributed by atoms with Crippen LogP contribution in [0.1, 0.15) is 10.4 Å². The number of rotatable bonds is 3. The molecule has 6 heteroatoms. The summed E-state index contributed by atoms with van der Waals surface area (Å²) >= 11 is 11.4. The second-order valence-electron chi connectivity index (χ2n) is 3.69. The topological polar surface area (TPSA) is 57.6 Å². The molecule has 2 rings (SSSR count). The number of para-hydroxylation sites is 1. The monoisotopic (exact) mass is 273 g/mol. The van der Waals surface area contributed by atoms with Gasteiger partial charge in [-0.25, -0.2) is 0 Å². The molecule has 0 fully saturated rings. The predicted octanol–water partition coefficient (Wildman–Crippen LogP) is 1.47. The molecule has 1 unspecified atom stereocenters. The van der Waals surface area contributed by atoms with Gasteiger partial charge in [0.05, 0.1) is 34.8 Å². The van der Waals surface area contributed by atoms with Crippen molar-refractivity contribution in [3.63, 3.8) is 0 Å². The lowest BCUT2D eigenvalue weighted by molar-refractivity contribution is -0.114. The summed E-state index contributed by atoms with van der Waals surface area (Å²) in [6.07, 6.45) is -0.893. The maximum Gasteiger partial charge on any atom is 0.299 e. The molecule has 1 atom stereocenters. The first-order valence-corrected chi connectivity index (χ1v) is 5.86. The Balaban J connectivity index is 2.43. The van der Waals surface area contributed by atoms with E-state index in [0.717, 1.165) is 0 Å². The zero-order valence-electron chi connectivity index (χ0n) is 8.69. The van der Waals surface area contributed by atoms with Crippen LogP contribution < -0.4 is 4.90 Å². The highest BCUT2D eigenvalue weighted by Crippen LogP contribution is 2.35. The number of benzene rings is 1. The Morgan fingerprint density at radius 3 is 2.71 bits per heavy atom. The Hall–Kier alpha value is -1.10. The summed E-state index contributed by atoms with van der Waals surface area (Å²) in [6, 6.07) is 4.73. The molecule has 0 saturated carbocycles. The minimum Gasteiger partial charge on any atom is -0.390 e. The van der Waals surface area contributed by atoms with Gasteiger partial charge in [-0.2, -0.15) is 0 Å². The molecule has 90 valence electrons. The van der Waals surface area contributed by atoms with Gasteiger partial charge in [0.2, 0.25) is 0 Å². The molecule has 0 spiro atoms. The van der Waals surface area contributed by atoms with Crippen molar-refractivity contribution in [1.29, 1.82) is 0 Å². The Bertz CT molecular complexity index is 490. The highest BCUT2D eigenvalue weighted by molar-refractivity contribution is 6.54. The molecule has 1 aromatic rings. The van der Waals surface area contributed by atoms with Crippen LogP contribution in [-0.4, -0.2) is 35.3 Å². The van der Waals surface area contributed by atoms with E-state index in [-0.39, 0.29) is 18.0 Å². The molecular formula is C11H9Cl2NO3. The van der Waals surface area contributed by atoms with Gasteiger partial charge >= 0.3 is 0 Å². The fourth-order valence-corrected chi connectivity index (χ4v) is 2.12. The number of Topliss-reactive ketones (excluding diaryl/α,β-unsaturated/α-hetero) is 1. The first-order chi connectivity index (χ1) is 8.06. The number of hydrogen-bond acceptors (Lipinski definition) is 3. The maximum absolute atomic E-state index is 11.7. The number of aliphatic hydroxyl groups excluding tert-OH is 1. The zero-order valence-corrected chi connectivity index (χ0v) is 10.2. The first kappa shape index (κ1) is 12.4. The average Bonchev–Trinajstić information content (AvgIpc) is 2.56. The molecule has 1 heterocycles. The van der Waals surface area contributed by atoms with E-state index < -0.39 is 17.8 Å². The first-order valence-electron chi connectivity index (χ1n) is 4.95. The number of β-amino-alcohol motifs (C(OH)–C–C–N with tert-alkyl or cyclic N) is 1. The summed E-state index contributed by atoms with van der Waals surface area (Å²) in [5.74, 6) is -1.31. The lowest BCUT2D eigenvalue weighted by Crippen LogP contribution is -2.37. The molecule has 1 aliphatic rings. The van der Waals surface area contributed by atoms with Crippen molar-refractivity contribution in [2.45, 2.75) is 6.10 Å². The molecule has 0 saturated heterocycles. The van der Waals surface area contributed by atoms with Crippen molar-refractivity contribution < 1.29 is 14.7 Å². The number of hydrogen-bond donors (Lipinski definition) is 1. The Labute approximate surface area is 108 Å². The number of amides is 1. The summed E-state index contributed by atoms with van der Waals surface area (Å²) in [7, 11) is 0.